The van der Waals surface area contributed by atoms with E-state index in [2.05, 4.69) is 0 Å². The Kier molecular flexibility index (Phi) is 4.51. The van der Waals surface area contributed by atoms with Crippen molar-refractivity contribution < 1.29 is 14.3 Å². The minimum Gasteiger partial charge on any atom is -0.475 e. The Labute approximate surface area is 82.1 Å². The maximum Gasteiger partial charge on any atom is 0.371 e. The van der Waals surface area contributed by atoms with Gasteiger partial charge in [-0.05, 0) is 6.07 Å². The number of carboxylic acids is 1. The lowest BCUT2D eigenvalue weighted by Gasteiger charge is -1.92. The first-order chi connectivity index (χ1) is 5.69. The van der Waals surface area contributed by atoms with E-state index in [0.717, 1.165) is 5.56 Å². The second-order valence-corrected chi connectivity index (χ2v) is 2.42. The number of halogens is 1. The first kappa shape index (κ1) is 12.0. The van der Waals surface area contributed by atoms with Gasteiger partial charge >= 0.3 is 5.97 Å². The van der Waals surface area contributed by atoms with Crippen molar-refractivity contribution in [3.05, 3.63) is 23.2 Å². The van der Waals surface area contributed by atoms with Gasteiger partial charge in [-0.3, -0.25) is 0 Å². The van der Waals surface area contributed by atoms with Crippen LogP contribution in [0, 0.1) is 0 Å². The Morgan fingerprint density at radius 2 is 2.31 bits per heavy atom. The highest BCUT2D eigenvalue weighted by molar-refractivity contribution is 5.85. The summed E-state index contributed by atoms with van der Waals surface area (Å²) in [6.07, 6.45) is 0.666. The lowest BCUT2D eigenvalue weighted by Crippen LogP contribution is -1.97. The van der Waals surface area contributed by atoms with Gasteiger partial charge in [0.05, 0.1) is 0 Å². The Morgan fingerprint density at radius 3 is 2.62 bits per heavy atom. The van der Waals surface area contributed by atoms with E-state index in [-0.39, 0.29) is 18.2 Å². The van der Waals surface area contributed by atoms with Crippen LogP contribution in [0.5, 0.6) is 0 Å². The van der Waals surface area contributed by atoms with Crippen molar-refractivity contribution in [2.24, 2.45) is 5.73 Å². The molecule has 0 saturated heterocycles. The number of aromatic carboxylic acids is 1. The zero-order valence-corrected chi connectivity index (χ0v) is 8.06. The molecule has 13 heavy (non-hydrogen) atoms. The maximum atomic E-state index is 10.5. The van der Waals surface area contributed by atoms with E-state index >= 15 is 0 Å². The Balaban J connectivity index is 0.00000144. The normalized spacial score (nSPS) is 9.38. The summed E-state index contributed by atoms with van der Waals surface area (Å²) in [7, 11) is 0. The van der Waals surface area contributed by atoms with E-state index in [9.17, 15) is 4.79 Å². The second-order valence-electron chi connectivity index (χ2n) is 2.42. The van der Waals surface area contributed by atoms with Gasteiger partial charge in [0, 0.05) is 18.5 Å². The topological polar surface area (TPSA) is 76.5 Å². The van der Waals surface area contributed by atoms with Gasteiger partial charge in [-0.15, -0.1) is 12.4 Å². The van der Waals surface area contributed by atoms with Crippen LogP contribution in [0.2, 0.25) is 0 Å². The summed E-state index contributed by atoms with van der Waals surface area (Å²) in [5.41, 5.74) is 6.16. The minimum atomic E-state index is -1.05. The van der Waals surface area contributed by atoms with Crippen LogP contribution >= 0.6 is 12.4 Å². The highest BCUT2D eigenvalue weighted by atomic mass is 35.5. The molecule has 0 aliphatic rings. The van der Waals surface area contributed by atoms with Gasteiger partial charge in [-0.1, -0.05) is 6.92 Å². The molecule has 0 fully saturated rings. The third-order valence-electron chi connectivity index (χ3n) is 1.65. The molecule has 74 valence electrons. The van der Waals surface area contributed by atoms with Crippen LogP contribution in [0.15, 0.2) is 10.5 Å². The fraction of sp³-hybridized carbons (Fsp3) is 0.375. The molecule has 3 N–H and O–H groups in total. The van der Waals surface area contributed by atoms with E-state index in [0.29, 0.717) is 18.7 Å². The number of furan rings is 1. The highest BCUT2D eigenvalue weighted by Gasteiger charge is 2.12. The van der Waals surface area contributed by atoms with Gasteiger partial charge in [0.1, 0.15) is 5.76 Å². The average molecular weight is 206 g/mol. The first-order valence-electron chi connectivity index (χ1n) is 3.74. The van der Waals surface area contributed by atoms with Crippen molar-refractivity contribution >= 4 is 18.4 Å². The average Bonchev–Trinajstić information content (AvgIpc) is 2.46. The third-order valence-corrected chi connectivity index (χ3v) is 1.65. The molecule has 0 saturated carbocycles. The maximum absolute atomic E-state index is 10.5. The van der Waals surface area contributed by atoms with Crippen molar-refractivity contribution in [1.29, 1.82) is 0 Å². The highest BCUT2D eigenvalue weighted by Crippen LogP contribution is 2.15. The first-order valence-corrected chi connectivity index (χ1v) is 3.74. The second kappa shape index (κ2) is 4.89. The molecule has 1 rings (SSSR count). The number of nitrogens with two attached hydrogens (primary N) is 1. The Hall–Kier alpha value is -1.00. The fourth-order valence-electron chi connectivity index (χ4n) is 1.04. The molecule has 1 aromatic heterocycles. The van der Waals surface area contributed by atoms with Crippen LogP contribution in [0.25, 0.3) is 0 Å². The van der Waals surface area contributed by atoms with Crippen LogP contribution < -0.4 is 5.73 Å². The van der Waals surface area contributed by atoms with E-state index in [1.54, 1.807) is 0 Å². The fourth-order valence-corrected chi connectivity index (χ4v) is 1.04. The molecule has 4 nitrogen and oxygen atoms in total. The molecular formula is C8H12ClNO3. The largest absolute Gasteiger partial charge is 0.475 e. The van der Waals surface area contributed by atoms with Gasteiger partial charge in [0.25, 0.3) is 0 Å². The van der Waals surface area contributed by atoms with Crippen molar-refractivity contribution in [3.63, 3.8) is 0 Å². The van der Waals surface area contributed by atoms with Gasteiger partial charge in [-0.2, -0.15) is 0 Å². The summed E-state index contributed by atoms with van der Waals surface area (Å²) in [4.78, 5) is 10.5. The lowest BCUT2D eigenvalue weighted by molar-refractivity contribution is 0.0660. The molecule has 1 heterocycles. The SMILES string of the molecule is CCc1oc(C(=O)O)cc1CN.Cl. The number of hydrogen-bond acceptors (Lipinski definition) is 3. The number of rotatable bonds is 3. The molecule has 0 aliphatic heterocycles. The molecule has 0 aromatic carbocycles. The lowest BCUT2D eigenvalue weighted by atomic mass is 10.2. The summed E-state index contributed by atoms with van der Waals surface area (Å²) in [5.74, 6) is -0.424. The molecule has 0 atom stereocenters. The molecule has 0 unspecified atom stereocenters. The molecule has 0 bridgehead atoms. The van der Waals surface area contributed by atoms with Gasteiger partial charge < -0.3 is 15.3 Å². The van der Waals surface area contributed by atoms with Crippen molar-refractivity contribution in [2.45, 2.75) is 19.9 Å². The molecule has 0 spiro atoms. The molecule has 5 heteroatoms. The smallest absolute Gasteiger partial charge is 0.371 e. The molecular weight excluding hydrogens is 194 g/mol. The summed E-state index contributed by atoms with van der Waals surface area (Å²) in [6.45, 7) is 2.21. The predicted octanol–water partition coefficient (Wildman–Crippen LogP) is 1.42. The van der Waals surface area contributed by atoms with E-state index in [1.807, 2.05) is 6.92 Å². The molecule has 0 radical (unpaired) electrons. The number of carboxylic acid groups (broad SMARTS) is 1. The molecule has 1 aromatic rings. The quantitative estimate of drug-likeness (QED) is 0.783. The van der Waals surface area contributed by atoms with Crippen LogP contribution in [-0.2, 0) is 13.0 Å². The zero-order chi connectivity index (χ0) is 9.14. The van der Waals surface area contributed by atoms with Crippen LogP contribution in [-0.4, -0.2) is 11.1 Å². The molecule has 0 aliphatic carbocycles. The van der Waals surface area contributed by atoms with Crippen LogP contribution in [0.1, 0.15) is 28.8 Å². The Morgan fingerprint density at radius 1 is 1.69 bits per heavy atom. The van der Waals surface area contributed by atoms with E-state index < -0.39 is 5.97 Å². The van der Waals surface area contributed by atoms with Crippen molar-refractivity contribution in [3.8, 4) is 0 Å². The summed E-state index contributed by atoms with van der Waals surface area (Å²) >= 11 is 0. The van der Waals surface area contributed by atoms with Crippen molar-refractivity contribution in [2.75, 3.05) is 0 Å². The number of aryl methyl sites for hydroxylation is 1. The summed E-state index contributed by atoms with van der Waals surface area (Å²) in [5, 5.41) is 8.58. The van der Waals surface area contributed by atoms with Crippen molar-refractivity contribution in [1.82, 2.24) is 0 Å². The third kappa shape index (κ3) is 2.47. The van der Waals surface area contributed by atoms with Gasteiger partial charge in [0.2, 0.25) is 5.76 Å². The van der Waals surface area contributed by atoms with Gasteiger partial charge in [0.15, 0.2) is 0 Å². The number of carbonyl (C=O) groups is 1. The predicted molar refractivity (Wildman–Crippen MR) is 50.2 cm³/mol. The van der Waals surface area contributed by atoms with E-state index in [1.165, 1.54) is 6.07 Å². The monoisotopic (exact) mass is 205 g/mol. The molecule has 0 amide bonds. The van der Waals surface area contributed by atoms with Crippen LogP contribution in [0.4, 0.5) is 0 Å². The van der Waals surface area contributed by atoms with Crippen LogP contribution in [0.3, 0.4) is 0 Å². The minimum absolute atomic E-state index is 0. The zero-order valence-electron chi connectivity index (χ0n) is 7.24. The Bertz CT molecular complexity index is 274. The standard InChI is InChI=1S/C8H11NO3.ClH/c1-2-6-5(4-9)3-7(12-6)8(10)11;/h3H,2,4,9H2,1H3,(H,10,11);1H. The summed E-state index contributed by atoms with van der Waals surface area (Å²) < 4.78 is 5.04. The number of hydrogen-bond donors (Lipinski definition) is 2. The van der Waals surface area contributed by atoms with Gasteiger partial charge in [-0.25, -0.2) is 4.79 Å². The van der Waals surface area contributed by atoms with E-state index in [4.69, 9.17) is 15.3 Å². The summed E-state index contributed by atoms with van der Waals surface area (Å²) in [6, 6.07) is 1.47.